The predicted octanol–water partition coefficient (Wildman–Crippen LogP) is 3.47. The summed E-state index contributed by atoms with van der Waals surface area (Å²) in [5.41, 5.74) is 3.96. The molecule has 3 aromatic heterocycles. The van der Waals surface area contributed by atoms with Crippen LogP contribution in [0.2, 0.25) is 0 Å². The summed E-state index contributed by atoms with van der Waals surface area (Å²) in [5, 5.41) is 4.09. The third-order valence-electron chi connectivity index (χ3n) is 6.00. The minimum Gasteiger partial charge on any atom is -0.378 e. The molecule has 0 radical (unpaired) electrons. The number of morpholine rings is 1. The molecule has 9 heteroatoms. The van der Waals surface area contributed by atoms with E-state index in [9.17, 15) is 0 Å². The van der Waals surface area contributed by atoms with Gasteiger partial charge in [-0.2, -0.15) is 0 Å². The number of hydrogen-bond acceptors (Lipinski definition) is 8. The lowest BCUT2D eigenvalue weighted by Crippen LogP contribution is -2.38. The Labute approximate surface area is 194 Å². The Morgan fingerprint density at radius 2 is 2.00 bits per heavy atom. The molecule has 8 nitrogen and oxygen atoms in total. The van der Waals surface area contributed by atoms with Crippen LogP contribution in [-0.2, 0) is 11.3 Å². The highest BCUT2D eigenvalue weighted by Crippen LogP contribution is 2.34. The van der Waals surface area contributed by atoms with Crippen LogP contribution < -0.4 is 4.90 Å². The number of aryl methyl sites for hydroxylation is 1. The first-order valence-electron chi connectivity index (χ1n) is 11.0. The van der Waals surface area contributed by atoms with E-state index in [1.807, 2.05) is 37.5 Å². The summed E-state index contributed by atoms with van der Waals surface area (Å²) < 4.78 is 11.1. The smallest absolute Gasteiger partial charge is 0.225 e. The van der Waals surface area contributed by atoms with Gasteiger partial charge in [-0.15, -0.1) is 12.4 Å². The Bertz CT molecular complexity index is 1010. The summed E-state index contributed by atoms with van der Waals surface area (Å²) in [4.78, 5) is 18.9. The average molecular weight is 457 g/mol. The molecule has 0 aromatic carbocycles. The Morgan fingerprint density at radius 1 is 1.12 bits per heavy atom. The molecule has 0 amide bonds. The lowest BCUT2D eigenvalue weighted by molar-refractivity contribution is 0.122. The number of rotatable bonds is 5. The summed E-state index contributed by atoms with van der Waals surface area (Å²) in [6, 6.07) is 8.06. The van der Waals surface area contributed by atoms with Crippen LogP contribution in [0.4, 0.5) is 5.95 Å². The molecule has 32 heavy (non-hydrogen) atoms. The number of pyridine rings is 1. The quantitative estimate of drug-likeness (QED) is 0.577. The van der Waals surface area contributed by atoms with Crippen LogP contribution >= 0.6 is 12.4 Å². The standard InChI is InChI=1S/C23H28N6O2.ClH/c1-17-13-21(31-27-17)20-14-25-23(29-9-11-30-12-10-29)26-22(20)18-5-4-8-28(15-18)16-19-6-2-3-7-24-19;/h2-3,6-7,13-14,18H,4-5,8-12,15-16H2,1H3;1H. The molecule has 1 unspecified atom stereocenters. The van der Waals surface area contributed by atoms with Gasteiger partial charge in [-0.25, -0.2) is 9.97 Å². The molecule has 2 saturated heterocycles. The van der Waals surface area contributed by atoms with Crippen molar-refractivity contribution in [3.8, 4) is 11.3 Å². The van der Waals surface area contributed by atoms with E-state index in [0.717, 1.165) is 79.9 Å². The summed E-state index contributed by atoms with van der Waals surface area (Å²) >= 11 is 0. The fourth-order valence-electron chi connectivity index (χ4n) is 4.44. The minimum absolute atomic E-state index is 0. The Kier molecular flexibility index (Phi) is 7.34. The van der Waals surface area contributed by atoms with Crippen molar-refractivity contribution in [2.75, 3.05) is 44.3 Å². The van der Waals surface area contributed by atoms with Crippen LogP contribution in [0.15, 0.2) is 41.2 Å². The fourth-order valence-corrected chi connectivity index (χ4v) is 4.44. The number of aromatic nitrogens is 4. The third-order valence-corrected chi connectivity index (χ3v) is 6.00. The van der Waals surface area contributed by atoms with Crippen molar-refractivity contribution in [1.29, 1.82) is 0 Å². The lowest BCUT2D eigenvalue weighted by Gasteiger charge is -2.33. The van der Waals surface area contributed by atoms with E-state index < -0.39 is 0 Å². The number of ether oxygens (including phenoxy) is 1. The van der Waals surface area contributed by atoms with Gasteiger partial charge in [0.05, 0.1) is 35.9 Å². The number of hydrogen-bond donors (Lipinski definition) is 0. The zero-order valence-electron chi connectivity index (χ0n) is 18.3. The molecular weight excluding hydrogens is 428 g/mol. The molecule has 0 aliphatic carbocycles. The summed E-state index contributed by atoms with van der Waals surface area (Å²) in [5.74, 6) is 1.82. The zero-order valence-corrected chi connectivity index (χ0v) is 19.1. The van der Waals surface area contributed by atoms with Crippen molar-refractivity contribution in [2.45, 2.75) is 32.2 Å². The normalized spacial score (nSPS) is 19.5. The van der Waals surface area contributed by atoms with Gasteiger partial charge < -0.3 is 14.2 Å². The number of piperidine rings is 1. The zero-order chi connectivity index (χ0) is 21.0. The first-order chi connectivity index (χ1) is 15.3. The van der Waals surface area contributed by atoms with E-state index in [1.165, 1.54) is 0 Å². The van der Waals surface area contributed by atoms with Crippen LogP contribution in [0.25, 0.3) is 11.3 Å². The maximum atomic E-state index is 5.60. The molecule has 3 aromatic rings. The van der Waals surface area contributed by atoms with Crippen LogP contribution in [0.1, 0.15) is 35.8 Å². The number of halogens is 1. The Hall–Kier alpha value is -2.55. The van der Waals surface area contributed by atoms with E-state index in [4.69, 9.17) is 14.2 Å². The van der Waals surface area contributed by atoms with E-state index >= 15 is 0 Å². The van der Waals surface area contributed by atoms with E-state index in [2.05, 4.69) is 31.0 Å². The van der Waals surface area contributed by atoms with Gasteiger partial charge in [-0.3, -0.25) is 9.88 Å². The van der Waals surface area contributed by atoms with E-state index in [-0.39, 0.29) is 12.4 Å². The van der Waals surface area contributed by atoms with Crippen LogP contribution in [-0.4, -0.2) is 64.4 Å². The maximum Gasteiger partial charge on any atom is 0.225 e. The van der Waals surface area contributed by atoms with Gasteiger partial charge in [-0.1, -0.05) is 11.2 Å². The molecule has 170 valence electrons. The molecular formula is C23H29ClN6O2. The Morgan fingerprint density at radius 3 is 2.75 bits per heavy atom. The first kappa shape index (κ1) is 22.6. The second-order valence-electron chi connectivity index (χ2n) is 8.30. The van der Waals surface area contributed by atoms with Crippen LogP contribution in [0, 0.1) is 6.92 Å². The molecule has 5 rings (SSSR count). The minimum atomic E-state index is 0. The molecule has 2 aliphatic heterocycles. The second kappa shape index (κ2) is 10.4. The molecule has 5 heterocycles. The molecule has 0 N–H and O–H groups in total. The monoisotopic (exact) mass is 456 g/mol. The number of anilines is 1. The number of likely N-dealkylation sites (tertiary alicyclic amines) is 1. The van der Waals surface area contributed by atoms with Crippen molar-refractivity contribution in [1.82, 2.24) is 25.0 Å². The Balaban J connectivity index is 0.00000245. The van der Waals surface area contributed by atoms with Gasteiger partial charge in [0.2, 0.25) is 5.95 Å². The third kappa shape index (κ3) is 5.09. The van der Waals surface area contributed by atoms with Gasteiger partial charge in [0.15, 0.2) is 5.76 Å². The predicted molar refractivity (Wildman–Crippen MR) is 124 cm³/mol. The second-order valence-corrected chi connectivity index (χ2v) is 8.30. The van der Waals surface area contributed by atoms with E-state index in [0.29, 0.717) is 19.1 Å². The van der Waals surface area contributed by atoms with Gasteiger partial charge in [-0.05, 0) is 38.4 Å². The van der Waals surface area contributed by atoms with Crippen LogP contribution in [0.5, 0.6) is 0 Å². The largest absolute Gasteiger partial charge is 0.378 e. The molecule has 0 spiro atoms. The summed E-state index contributed by atoms with van der Waals surface area (Å²) in [6.07, 6.45) is 5.99. The van der Waals surface area contributed by atoms with Gasteiger partial charge >= 0.3 is 0 Å². The lowest BCUT2D eigenvalue weighted by atomic mass is 9.91. The van der Waals surface area contributed by atoms with Gasteiger partial charge in [0, 0.05) is 50.6 Å². The van der Waals surface area contributed by atoms with Crippen molar-refractivity contribution in [3.63, 3.8) is 0 Å². The maximum absolute atomic E-state index is 5.60. The fraction of sp³-hybridized carbons (Fsp3) is 0.478. The van der Waals surface area contributed by atoms with Crippen molar-refractivity contribution in [2.24, 2.45) is 0 Å². The molecule has 2 aliphatic rings. The van der Waals surface area contributed by atoms with Crippen molar-refractivity contribution in [3.05, 3.63) is 53.7 Å². The first-order valence-corrected chi connectivity index (χ1v) is 11.0. The highest BCUT2D eigenvalue weighted by molar-refractivity contribution is 5.85. The van der Waals surface area contributed by atoms with E-state index in [1.54, 1.807) is 0 Å². The average Bonchev–Trinajstić information content (AvgIpc) is 3.26. The molecule has 1 atom stereocenters. The van der Waals surface area contributed by atoms with Gasteiger partial charge in [0.25, 0.3) is 0 Å². The molecule has 0 saturated carbocycles. The topological polar surface area (TPSA) is 80.4 Å². The van der Waals surface area contributed by atoms with Gasteiger partial charge in [0.1, 0.15) is 0 Å². The summed E-state index contributed by atoms with van der Waals surface area (Å²) in [6.45, 7) is 7.86. The van der Waals surface area contributed by atoms with Crippen molar-refractivity contribution >= 4 is 18.4 Å². The van der Waals surface area contributed by atoms with Crippen LogP contribution in [0.3, 0.4) is 0 Å². The highest BCUT2D eigenvalue weighted by atomic mass is 35.5. The molecule has 0 bridgehead atoms. The van der Waals surface area contributed by atoms with Crippen molar-refractivity contribution < 1.29 is 9.26 Å². The molecule has 2 fully saturated rings. The summed E-state index contributed by atoms with van der Waals surface area (Å²) in [7, 11) is 0. The highest BCUT2D eigenvalue weighted by Gasteiger charge is 2.28. The number of nitrogens with zero attached hydrogens (tertiary/aromatic N) is 6. The SMILES string of the molecule is Cc1cc(-c2cnc(N3CCOCC3)nc2C2CCCN(Cc3ccccn3)C2)on1.Cl.